The van der Waals surface area contributed by atoms with E-state index in [1.165, 1.54) is 26.8 Å². The van der Waals surface area contributed by atoms with Crippen molar-refractivity contribution in [1.82, 2.24) is 0 Å². The lowest BCUT2D eigenvalue weighted by Gasteiger charge is -2.38. The van der Waals surface area contributed by atoms with Gasteiger partial charge in [-0.1, -0.05) is 45.0 Å². The van der Waals surface area contributed by atoms with E-state index in [4.69, 9.17) is 5.11 Å². The first-order valence-electron chi connectivity index (χ1n) is 6.30. The number of ether oxygens (including phenoxy) is 1. The Kier molecular flexibility index (Phi) is 4.66. The molecule has 3 nitrogen and oxygen atoms in total. The van der Waals surface area contributed by atoms with Gasteiger partial charge < -0.3 is 9.84 Å². The van der Waals surface area contributed by atoms with Crippen molar-refractivity contribution in [1.29, 1.82) is 0 Å². The van der Waals surface area contributed by atoms with Crippen LogP contribution < -0.4 is 0 Å². The van der Waals surface area contributed by atoms with E-state index in [1.54, 1.807) is 0 Å². The standard InChI is InChI=1S/C14H14F6O3/c1-11(2,3)8-6-4-5-7-9(8)12(13(15,16)17,14(18,19)20)23-10(21)22/h4-7H,1-3H3,(H,21,22). The highest BCUT2D eigenvalue weighted by Crippen LogP contribution is 2.54. The van der Waals surface area contributed by atoms with Gasteiger partial charge in [0, 0.05) is 5.56 Å². The third kappa shape index (κ3) is 3.37. The van der Waals surface area contributed by atoms with Crippen LogP contribution in [0.4, 0.5) is 31.1 Å². The number of halogens is 6. The number of carbonyl (C=O) groups is 1. The summed E-state index contributed by atoms with van der Waals surface area (Å²) in [5.41, 5.74) is -7.69. The predicted octanol–water partition coefficient (Wildman–Crippen LogP) is 5.00. The Morgan fingerprint density at radius 3 is 1.61 bits per heavy atom. The van der Waals surface area contributed by atoms with Crippen molar-refractivity contribution >= 4 is 6.16 Å². The van der Waals surface area contributed by atoms with Gasteiger partial charge in [0.15, 0.2) is 0 Å². The van der Waals surface area contributed by atoms with E-state index in [2.05, 4.69) is 4.74 Å². The van der Waals surface area contributed by atoms with Crippen molar-refractivity contribution in [2.45, 2.75) is 44.1 Å². The van der Waals surface area contributed by atoms with E-state index in [9.17, 15) is 31.1 Å². The molecule has 1 aromatic rings. The Balaban J connectivity index is 3.90. The molecule has 9 heteroatoms. The minimum Gasteiger partial charge on any atom is -0.450 e. The fourth-order valence-electron chi connectivity index (χ4n) is 2.21. The van der Waals surface area contributed by atoms with Crippen LogP contribution in [0.5, 0.6) is 0 Å². The Bertz CT molecular complexity index is 569. The minimum absolute atomic E-state index is 0.323. The summed E-state index contributed by atoms with van der Waals surface area (Å²) < 4.78 is 83.7. The summed E-state index contributed by atoms with van der Waals surface area (Å²) in [4.78, 5) is 10.6. The Morgan fingerprint density at radius 1 is 0.913 bits per heavy atom. The first-order valence-corrected chi connectivity index (χ1v) is 6.30. The molecule has 130 valence electrons. The van der Waals surface area contributed by atoms with Crippen LogP contribution >= 0.6 is 0 Å². The molecule has 0 aliphatic carbocycles. The monoisotopic (exact) mass is 344 g/mol. The van der Waals surface area contributed by atoms with Crippen LogP contribution in [0.25, 0.3) is 0 Å². The van der Waals surface area contributed by atoms with E-state index in [0.29, 0.717) is 6.07 Å². The van der Waals surface area contributed by atoms with Gasteiger partial charge in [-0.2, -0.15) is 26.3 Å². The molecule has 0 radical (unpaired) electrons. The maximum absolute atomic E-state index is 13.4. The topological polar surface area (TPSA) is 46.5 Å². The van der Waals surface area contributed by atoms with Crippen molar-refractivity contribution in [3.05, 3.63) is 35.4 Å². The second-order valence-corrected chi connectivity index (χ2v) is 5.84. The molecule has 0 saturated carbocycles. The van der Waals surface area contributed by atoms with Crippen LogP contribution in [0.3, 0.4) is 0 Å². The smallest absolute Gasteiger partial charge is 0.450 e. The lowest BCUT2D eigenvalue weighted by atomic mass is 9.77. The van der Waals surface area contributed by atoms with Gasteiger partial charge in [-0.05, 0) is 11.0 Å². The van der Waals surface area contributed by atoms with Gasteiger partial charge in [0.05, 0.1) is 0 Å². The van der Waals surface area contributed by atoms with E-state index in [-0.39, 0.29) is 5.56 Å². The molecule has 0 aromatic heterocycles. The first-order chi connectivity index (χ1) is 10.1. The molecular formula is C14H14F6O3. The molecule has 0 saturated heterocycles. The maximum Gasteiger partial charge on any atom is 0.507 e. The van der Waals surface area contributed by atoms with Gasteiger partial charge in [0.25, 0.3) is 0 Å². The van der Waals surface area contributed by atoms with Crippen molar-refractivity contribution in [3.8, 4) is 0 Å². The fourth-order valence-corrected chi connectivity index (χ4v) is 2.21. The zero-order chi connectivity index (χ0) is 18.3. The number of rotatable bonds is 2. The molecule has 0 aliphatic rings. The molecule has 0 atom stereocenters. The van der Waals surface area contributed by atoms with Gasteiger partial charge in [-0.3, -0.25) is 0 Å². The SMILES string of the molecule is CC(C)(C)c1ccccc1C(OC(=O)O)(C(F)(F)F)C(F)(F)F. The van der Waals surface area contributed by atoms with Crippen LogP contribution in [0, 0.1) is 0 Å². The van der Waals surface area contributed by atoms with Gasteiger partial charge in [0.2, 0.25) is 0 Å². The molecule has 0 aliphatic heterocycles. The number of carboxylic acid groups (broad SMARTS) is 1. The van der Waals surface area contributed by atoms with Crippen LogP contribution in [0.1, 0.15) is 31.9 Å². The average molecular weight is 344 g/mol. The van der Waals surface area contributed by atoms with Gasteiger partial charge in [-0.25, -0.2) is 4.79 Å². The summed E-state index contributed by atoms with van der Waals surface area (Å²) in [6.45, 7) is 4.22. The molecule has 0 spiro atoms. The van der Waals surface area contributed by atoms with Crippen LogP contribution in [-0.4, -0.2) is 23.6 Å². The number of hydrogen-bond donors (Lipinski definition) is 1. The Hall–Kier alpha value is -1.93. The lowest BCUT2D eigenvalue weighted by Crippen LogP contribution is -2.57. The quantitative estimate of drug-likeness (QED) is 0.607. The normalized spacial score (nSPS) is 13.8. The Labute approximate surface area is 127 Å². The largest absolute Gasteiger partial charge is 0.507 e. The molecule has 1 N–H and O–H groups in total. The predicted molar refractivity (Wildman–Crippen MR) is 68.0 cm³/mol. The molecule has 1 rings (SSSR count). The maximum atomic E-state index is 13.4. The minimum atomic E-state index is -6.04. The third-order valence-corrected chi connectivity index (χ3v) is 3.15. The molecular weight excluding hydrogens is 330 g/mol. The third-order valence-electron chi connectivity index (χ3n) is 3.15. The van der Waals surface area contributed by atoms with Crippen LogP contribution in [0.15, 0.2) is 24.3 Å². The summed E-state index contributed by atoms with van der Waals surface area (Å²) in [6, 6.07) is 3.88. The molecule has 1 aromatic carbocycles. The first kappa shape index (κ1) is 19.1. The lowest BCUT2D eigenvalue weighted by molar-refractivity contribution is -0.376. The highest BCUT2D eigenvalue weighted by Gasteiger charge is 2.76. The van der Waals surface area contributed by atoms with E-state index < -0.39 is 35.1 Å². The molecule has 0 amide bonds. The van der Waals surface area contributed by atoms with Crippen LogP contribution in [0.2, 0.25) is 0 Å². The highest BCUT2D eigenvalue weighted by molar-refractivity contribution is 5.59. The van der Waals surface area contributed by atoms with Crippen molar-refractivity contribution in [2.75, 3.05) is 0 Å². The van der Waals surface area contributed by atoms with Gasteiger partial charge in [0.1, 0.15) is 0 Å². The number of alkyl halides is 6. The molecule has 0 heterocycles. The van der Waals surface area contributed by atoms with Crippen molar-refractivity contribution in [2.24, 2.45) is 0 Å². The summed E-state index contributed by atoms with van der Waals surface area (Å²) in [6.07, 6.45) is -14.8. The van der Waals surface area contributed by atoms with Crippen LogP contribution in [-0.2, 0) is 15.8 Å². The summed E-state index contributed by atoms with van der Waals surface area (Å²) in [7, 11) is 0. The van der Waals surface area contributed by atoms with E-state index >= 15 is 0 Å². The average Bonchev–Trinajstić information content (AvgIpc) is 2.31. The fraction of sp³-hybridized carbons (Fsp3) is 0.500. The number of benzene rings is 1. The Morgan fingerprint density at radius 2 is 1.30 bits per heavy atom. The van der Waals surface area contributed by atoms with Crippen molar-refractivity contribution in [3.63, 3.8) is 0 Å². The number of hydrogen-bond acceptors (Lipinski definition) is 2. The van der Waals surface area contributed by atoms with Gasteiger partial charge >= 0.3 is 24.1 Å². The highest BCUT2D eigenvalue weighted by atomic mass is 19.4. The summed E-state index contributed by atoms with van der Waals surface area (Å²) in [5, 5.41) is 8.51. The molecule has 0 fully saturated rings. The second-order valence-electron chi connectivity index (χ2n) is 5.84. The van der Waals surface area contributed by atoms with E-state index in [1.807, 2.05) is 0 Å². The van der Waals surface area contributed by atoms with Gasteiger partial charge in [-0.15, -0.1) is 0 Å². The molecule has 0 unspecified atom stereocenters. The summed E-state index contributed by atoms with van der Waals surface area (Å²) in [5.74, 6) is 0. The zero-order valence-electron chi connectivity index (χ0n) is 12.3. The molecule has 0 bridgehead atoms. The summed E-state index contributed by atoms with van der Waals surface area (Å²) >= 11 is 0. The van der Waals surface area contributed by atoms with Crippen molar-refractivity contribution < 1.29 is 41.0 Å². The second kappa shape index (κ2) is 5.61. The molecule has 23 heavy (non-hydrogen) atoms. The van der Waals surface area contributed by atoms with E-state index in [0.717, 1.165) is 12.1 Å². The zero-order valence-corrected chi connectivity index (χ0v) is 12.3.